The van der Waals surface area contributed by atoms with Crippen molar-refractivity contribution in [1.82, 2.24) is 0 Å². The van der Waals surface area contributed by atoms with E-state index in [4.69, 9.17) is 9.47 Å². The van der Waals surface area contributed by atoms with Crippen LogP contribution in [0.25, 0.3) is 5.57 Å². The number of carbonyl (C=O) groups is 1. The van der Waals surface area contributed by atoms with Crippen molar-refractivity contribution in [2.24, 2.45) is 0 Å². The van der Waals surface area contributed by atoms with E-state index in [1.54, 1.807) is 0 Å². The quantitative estimate of drug-likeness (QED) is 0.616. The molecule has 19 heavy (non-hydrogen) atoms. The van der Waals surface area contributed by atoms with Crippen LogP contribution in [0.4, 0.5) is 0 Å². The van der Waals surface area contributed by atoms with Gasteiger partial charge in [-0.3, -0.25) is 0 Å². The smallest absolute Gasteiger partial charge is 0.331 e. The van der Waals surface area contributed by atoms with Crippen molar-refractivity contribution in [3.8, 4) is 0 Å². The van der Waals surface area contributed by atoms with Crippen LogP contribution in [0.2, 0.25) is 0 Å². The third kappa shape index (κ3) is 4.52. The molecule has 1 unspecified atom stereocenters. The lowest BCUT2D eigenvalue weighted by Gasteiger charge is -2.21. The molecule has 1 heterocycles. The number of benzene rings is 1. The van der Waals surface area contributed by atoms with Gasteiger partial charge >= 0.3 is 5.97 Å². The molecule has 1 fully saturated rings. The number of hydrogen-bond acceptors (Lipinski definition) is 3. The minimum atomic E-state index is -0.296. The lowest BCUT2D eigenvalue weighted by atomic mass is 10.1. The molecule has 102 valence electrons. The van der Waals surface area contributed by atoms with Crippen LogP contribution in [0, 0.1) is 0 Å². The van der Waals surface area contributed by atoms with Gasteiger partial charge in [0.25, 0.3) is 0 Å². The van der Waals surface area contributed by atoms with Gasteiger partial charge in [0.2, 0.25) is 0 Å². The molecule has 0 spiro atoms. The molecule has 0 bridgehead atoms. The molecule has 0 saturated carbocycles. The molecule has 1 aliphatic heterocycles. The zero-order chi connectivity index (χ0) is 13.5. The molecule has 1 aromatic rings. The maximum absolute atomic E-state index is 11.7. The van der Waals surface area contributed by atoms with Crippen LogP contribution in [0.3, 0.4) is 0 Å². The molecule has 0 radical (unpaired) electrons. The predicted octanol–water partition coefficient (Wildman–Crippen LogP) is 3.20. The van der Waals surface area contributed by atoms with Gasteiger partial charge in [-0.15, -0.1) is 0 Å². The third-order valence-electron chi connectivity index (χ3n) is 3.25. The minimum absolute atomic E-state index is 0.0723. The highest BCUT2D eigenvalue weighted by atomic mass is 16.6. The van der Waals surface area contributed by atoms with E-state index in [0.29, 0.717) is 6.61 Å². The predicted molar refractivity (Wildman–Crippen MR) is 74.6 cm³/mol. The van der Waals surface area contributed by atoms with Crippen LogP contribution in [-0.4, -0.2) is 25.3 Å². The topological polar surface area (TPSA) is 35.5 Å². The van der Waals surface area contributed by atoms with E-state index < -0.39 is 0 Å². The van der Waals surface area contributed by atoms with Gasteiger partial charge in [0, 0.05) is 12.7 Å². The van der Waals surface area contributed by atoms with E-state index in [2.05, 4.69) is 0 Å². The van der Waals surface area contributed by atoms with E-state index in [9.17, 15) is 4.79 Å². The van der Waals surface area contributed by atoms with Crippen LogP contribution < -0.4 is 0 Å². The first kappa shape index (κ1) is 13.8. The summed E-state index contributed by atoms with van der Waals surface area (Å²) in [5, 5.41) is 0. The van der Waals surface area contributed by atoms with Crippen molar-refractivity contribution in [1.29, 1.82) is 0 Å². The Labute approximate surface area is 114 Å². The first-order valence-electron chi connectivity index (χ1n) is 6.78. The number of ether oxygens (including phenoxy) is 2. The second-order valence-electron chi connectivity index (χ2n) is 4.81. The van der Waals surface area contributed by atoms with E-state index >= 15 is 0 Å². The molecular formula is C16H20O3. The lowest BCUT2D eigenvalue weighted by Crippen LogP contribution is -2.25. The van der Waals surface area contributed by atoms with Crippen LogP contribution >= 0.6 is 0 Å². The highest BCUT2D eigenvalue weighted by Crippen LogP contribution is 2.14. The van der Waals surface area contributed by atoms with E-state index in [1.165, 1.54) is 6.08 Å². The number of carbonyl (C=O) groups excluding carboxylic acids is 1. The van der Waals surface area contributed by atoms with Crippen molar-refractivity contribution < 1.29 is 14.3 Å². The Balaban J connectivity index is 1.83. The van der Waals surface area contributed by atoms with Crippen LogP contribution in [-0.2, 0) is 14.3 Å². The fourth-order valence-electron chi connectivity index (χ4n) is 2.12. The van der Waals surface area contributed by atoms with Gasteiger partial charge in [-0.25, -0.2) is 4.79 Å². The molecule has 1 aliphatic rings. The van der Waals surface area contributed by atoms with Gasteiger partial charge in [-0.05, 0) is 37.3 Å². The summed E-state index contributed by atoms with van der Waals surface area (Å²) in [4.78, 5) is 11.7. The van der Waals surface area contributed by atoms with Crippen LogP contribution in [0.15, 0.2) is 36.4 Å². The van der Waals surface area contributed by atoms with Crippen molar-refractivity contribution in [3.63, 3.8) is 0 Å². The Kier molecular flexibility index (Phi) is 5.16. The lowest BCUT2D eigenvalue weighted by molar-refractivity contribution is -0.143. The average molecular weight is 260 g/mol. The summed E-state index contributed by atoms with van der Waals surface area (Å²) in [7, 11) is 0. The Morgan fingerprint density at radius 2 is 2.16 bits per heavy atom. The number of hydrogen-bond donors (Lipinski definition) is 0. The summed E-state index contributed by atoms with van der Waals surface area (Å²) >= 11 is 0. The molecule has 3 heteroatoms. The normalized spacial score (nSPS) is 20.1. The Hall–Kier alpha value is -1.61. The summed E-state index contributed by atoms with van der Waals surface area (Å²) < 4.78 is 10.8. The molecular weight excluding hydrogens is 240 g/mol. The molecule has 0 aliphatic carbocycles. The molecule has 0 N–H and O–H groups in total. The van der Waals surface area contributed by atoms with E-state index in [0.717, 1.165) is 37.0 Å². The summed E-state index contributed by atoms with van der Waals surface area (Å²) in [5.41, 5.74) is 1.95. The minimum Gasteiger partial charge on any atom is -0.460 e. The molecule has 1 saturated heterocycles. The number of esters is 1. The molecule has 0 amide bonds. The Morgan fingerprint density at radius 1 is 1.37 bits per heavy atom. The monoisotopic (exact) mass is 260 g/mol. The highest BCUT2D eigenvalue weighted by Gasteiger charge is 2.15. The first-order chi connectivity index (χ1) is 9.25. The third-order valence-corrected chi connectivity index (χ3v) is 3.25. The van der Waals surface area contributed by atoms with Crippen LogP contribution in [0.5, 0.6) is 0 Å². The van der Waals surface area contributed by atoms with Crippen molar-refractivity contribution in [2.45, 2.75) is 32.3 Å². The summed E-state index contributed by atoms with van der Waals surface area (Å²) in [6, 6.07) is 9.81. The van der Waals surface area contributed by atoms with Crippen molar-refractivity contribution >= 4 is 11.5 Å². The van der Waals surface area contributed by atoms with E-state index in [1.807, 2.05) is 37.3 Å². The summed E-state index contributed by atoms with van der Waals surface area (Å²) in [5.74, 6) is -0.296. The SMILES string of the molecule is CC(=CC(=O)OCC1CCCCO1)c1ccccc1. The largest absolute Gasteiger partial charge is 0.460 e. The zero-order valence-corrected chi connectivity index (χ0v) is 11.3. The molecule has 0 aromatic heterocycles. The van der Waals surface area contributed by atoms with E-state index in [-0.39, 0.29) is 12.1 Å². The zero-order valence-electron chi connectivity index (χ0n) is 11.3. The van der Waals surface area contributed by atoms with Gasteiger partial charge < -0.3 is 9.47 Å². The highest BCUT2D eigenvalue weighted by molar-refractivity contribution is 5.90. The van der Waals surface area contributed by atoms with Gasteiger partial charge in [-0.2, -0.15) is 0 Å². The molecule has 1 atom stereocenters. The average Bonchev–Trinajstić information content (AvgIpc) is 2.47. The van der Waals surface area contributed by atoms with Gasteiger partial charge in [0.05, 0.1) is 6.10 Å². The fourth-order valence-corrected chi connectivity index (χ4v) is 2.12. The fraction of sp³-hybridized carbons (Fsp3) is 0.438. The first-order valence-corrected chi connectivity index (χ1v) is 6.78. The standard InChI is InChI=1S/C16H20O3/c1-13(14-7-3-2-4-8-14)11-16(17)19-12-15-9-5-6-10-18-15/h2-4,7-8,11,15H,5-6,9-10,12H2,1H3. The second kappa shape index (κ2) is 7.10. The maximum Gasteiger partial charge on any atom is 0.331 e. The number of rotatable bonds is 4. The van der Waals surface area contributed by atoms with Gasteiger partial charge in [0.1, 0.15) is 6.61 Å². The Bertz CT molecular complexity index is 431. The summed E-state index contributed by atoms with van der Waals surface area (Å²) in [6.07, 6.45) is 4.86. The number of allylic oxidation sites excluding steroid dienone is 1. The van der Waals surface area contributed by atoms with Gasteiger partial charge in [-0.1, -0.05) is 30.3 Å². The second-order valence-corrected chi connectivity index (χ2v) is 4.81. The maximum atomic E-state index is 11.7. The van der Waals surface area contributed by atoms with Crippen molar-refractivity contribution in [3.05, 3.63) is 42.0 Å². The molecule has 3 nitrogen and oxygen atoms in total. The molecule has 1 aromatic carbocycles. The Morgan fingerprint density at radius 3 is 2.84 bits per heavy atom. The summed E-state index contributed by atoms with van der Waals surface area (Å²) in [6.45, 7) is 3.05. The van der Waals surface area contributed by atoms with Crippen molar-refractivity contribution in [2.75, 3.05) is 13.2 Å². The molecule has 2 rings (SSSR count). The van der Waals surface area contributed by atoms with Gasteiger partial charge in [0.15, 0.2) is 0 Å². The van der Waals surface area contributed by atoms with Crippen LogP contribution in [0.1, 0.15) is 31.7 Å².